The van der Waals surface area contributed by atoms with Crippen LogP contribution >= 0.6 is 34.3 Å². The van der Waals surface area contributed by atoms with Crippen LogP contribution in [0.5, 0.6) is 0 Å². The molecule has 2 N–H and O–H groups in total. The summed E-state index contributed by atoms with van der Waals surface area (Å²) in [5, 5.41) is 12.2. The van der Waals surface area contributed by atoms with E-state index in [9.17, 15) is 9.59 Å². The fourth-order valence-electron chi connectivity index (χ4n) is 1.54. The van der Waals surface area contributed by atoms with Crippen LogP contribution in [0.15, 0.2) is 12.1 Å². The lowest BCUT2D eigenvalue weighted by atomic mass is 10.1. The molecule has 2 heterocycles. The van der Waals surface area contributed by atoms with Gasteiger partial charge in [-0.3, -0.25) is 4.79 Å². The molecule has 0 saturated carbocycles. The zero-order valence-electron chi connectivity index (χ0n) is 11.6. The first-order valence-corrected chi connectivity index (χ1v) is 8.01. The summed E-state index contributed by atoms with van der Waals surface area (Å²) >= 11 is 8.49. The van der Waals surface area contributed by atoms with E-state index in [0.29, 0.717) is 19.9 Å². The van der Waals surface area contributed by atoms with E-state index in [-0.39, 0.29) is 0 Å². The van der Waals surface area contributed by atoms with E-state index in [1.807, 2.05) is 6.07 Å². The maximum atomic E-state index is 12.2. The summed E-state index contributed by atoms with van der Waals surface area (Å²) in [7, 11) is 0. The van der Waals surface area contributed by atoms with Crippen molar-refractivity contribution in [2.45, 2.75) is 26.3 Å². The molecule has 21 heavy (non-hydrogen) atoms. The van der Waals surface area contributed by atoms with Gasteiger partial charge in [-0.25, -0.2) is 9.78 Å². The summed E-state index contributed by atoms with van der Waals surface area (Å²) in [5.74, 6) is -1.53. The largest absolute Gasteiger partial charge is 0.480 e. The highest BCUT2D eigenvalue weighted by molar-refractivity contribution is 7.24. The number of carbonyl (C=O) groups excluding carboxylic acids is 1. The fraction of sp³-hybridized carbons (Fsp3) is 0.308. The Morgan fingerprint density at radius 2 is 2.00 bits per heavy atom. The highest BCUT2D eigenvalue weighted by Crippen LogP contribution is 2.35. The molecule has 2 aromatic heterocycles. The second-order valence-electron chi connectivity index (χ2n) is 4.92. The van der Waals surface area contributed by atoms with Gasteiger partial charge in [0.15, 0.2) is 0 Å². The molecule has 0 saturated heterocycles. The molecule has 112 valence electrons. The number of carbonyl (C=O) groups is 2. The maximum Gasteiger partial charge on any atom is 0.328 e. The molecule has 0 bridgehead atoms. The second-order valence-corrected chi connectivity index (χ2v) is 7.64. The van der Waals surface area contributed by atoms with Gasteiger partial charge < -0.3 is 10.4 Å². The number of thiophene rings is 1. The van der Waals surface area contributed by atoms with Crippen molar-refractivity contribution in [2.24, 2.45) is 0 Å². The van der Waals surface area contributed by atoms with E-state index in [1.54, 1.807) is 13.0 Å². The Morgan fingerprint density at radius 3 is 2.52 bits per heavy atom. The highest BCUT2D eigenvalue weighted by atomic mass is 35.5. The van der Waals surface area contributed by atoms with Crippen LogP contribution < -0.4 is 5.32 Å². The van der Waals surface area contributed by atoms with Crippen molar-refractivity contribution in [2.75, 3.05) is 0 Å². The fourth-order valence-corrected chi connectivity index (χ4v) is 3.59. The lowest BCUT2D eigenvalue weighted by Crippen LogP contribution is -2.49. The van der Waals surface area contributed by atoms with Crippen LogP contribution in [-0.2, 0) is 4.79 Å². The molecule has 0 atom stereocenters. The molecular formula is C13H13ClN2O3S2. The molecule has 8 heteroatoms. The van der Waals surface area contributed by atoms with Gasteiger partial charge in [0.25, 0.3) is 5.91 Å². The normalized spacial score (nSPS) is 11.4. The number of hydrogen-bond donors (Lipinski definition) is 2. The average molecular weight is 345 g/mol. The molecule has 0 aliphatic heterocycles. The van der Waals surface area contributed by atoms with Gasteiger partial charge in [-0.15, -0.1) is 22.7 Å². The number of aliphatic carboxylic acids is 1. The van der Waals surface area contributed by atoms with Crippen LogP contribution in [0.3, 0.4) is 0 Å². The smallest absolute Gasteiger partial charge is 0.328 e. The van der Waals surface area contributed by atoms with Crippen LogP contribution in [0.2, 0.25) is 4.34 Å². The Labute approximate surface area is 134 Å². The lowest BCUT2D eigenvalue weighted by molar-refractivity contribution is -0.143. The molecule has 0 aliphatic rings. The van der Waals surface area contributed by atoms with Crippen molar-refractivity contribution in [1.82, 2.24) is 10.3 Å². The second kappa shape index (κ2) is 5.75. The summed E-state index contributed by atoms with van der Waals surface area (Å²) < 4.78 is 0.649. The van der Waals surface area contributed by atoms with Gasteiger partial charge in [0, 0.05) is 0 Å². The molecule has 0 fully saturated rings. The summed E-state index contributed by atoms with van der Waals surface area (Å²) in [6, 6.07) is 3.61. The van der Waals surface area contributed by atoms with Gasteiger partial charge in [-0.1, -0.05) is 11.6 Å². The van der Waals surface area contributed by atoms with E-state index in [1.165, 1.54) is 36.5 Å². The Hall–Kier alpha value is -1.44. The number of nitrogens with one attached hydrogen (secondary N) is 1. The lowest BCUT2D eigenvalue weighted by Gasteiger charge is -2.20. The van der Waals surface area contributed by atoms with Gasteiger partial charge in [-0.05, 0) is 32.9 Å². The molecule has 5 nitrogen and oxygen atoms in total. The van der Waals surface area contributed by atoms with Gasteiger partial charge in [-0.2, -0.15) is 0 Å². The van der Waals surface area contributed by atoms with Crippen LogP contribution in [0.1, 0.15) is 29.2 Å². The van der Waals surface area contributed by atoms with Crippen molar-refractivity contribution >= 4 is 46.2 Å². The predicted octanol–water partition coefficient (Wildman–Crippen LogP) is 3.43. The minimum atomic E-state index is -1.33. The molecule has 2 rings (SSSR count). The van der Waals surface area contributed by atoms with Crippen LogP contribution in [0.25, 0.3) is 9.88 Å². The van der Waals surface area contributed by atoms with Crippen LogP contribution in [0.4, 0.5) is 0 Å². The Kier molecular flexibility index (Phi) is 4.36. The van der Waals surface area contributed by atoms with Crippen LogP contribution in [0, 0.1) is 6.92 Å². The third kappa shape index (κ3) is 3.42. The first kappa shape index (κ1) is 15.9. The third-order valence-electron chi connectivity index (χ3n) is 2.75. The number of aromatic nitrogens is 1. The molecule has 0 spiro atoms. The van der Waals surface area contributed by atoms with Gasteiger partial charge >= 0.3 is 5.97 Å². The number of hydrogen-bond acceptors (Lipinski definition) is 5. The van der Waals surface area contributed by atoms with E-state index >= 15 is 0 Å². The minimum Gasteiger partial charge on any atom is -0.480 e. The SMILES string of the molecule is Cc1nc(-c2ccc(Cl)s2)sc1C(=O)NC(C)(C)C(=O)O. The number of halogens is 1. The highest BCUT2D eigenvalue weighted by Gasteiger charge is 2.30. The zero-order chi connectivity index (χ0) is 15.8. The Morgan fingerprint density at radius 1 is 1.33 bits per heavy atom. The van der Waals surface area contributed by atoms with Crippen molar-refractivity contribution in [3.05, 3.63) is 27.0 Å². The standard InChI is InChI=1S/C13H13ClN2O3S2/c1-6-9(10(17)16-13(2,3)12(18)19)21-11(15-6)7-4-5-8(14)20-7/h4-5H,1-3H3,(H,16,17)(H,18,19). The molecule has 1 amide bonds. The van der Waals surface area contributed by atoms with E-state index in [2.05, 4.69) is 10.3 Å². The first-order chi connectivity index (χ1) is 9.70. The van der Waals surface area contributed by atoms with Crippen molar-refractivity contribution < 1.29 is 14.7 Å². The van der Waals surface area contributed by atoms with E-state index in [4.69, 9.17) is 16.7 Å². The summed E-state index contributed by atoms with van der Waals surface area (Å²) in [6.45, 7) is 4.59. The number of thiazole rings is 1. The van der Waals surface area contributed by atoms with Gasteiger partial charge in [0.2, 0.25) is 0 Å². The maximum absolute atomic E-state index is 12.2. The molecule has 0 aromatic carbocycles. The number of rotatable bonds is 4. The molecular weight excluding hydrogens is 332 g/mol. The predicted molar refractivity (Wildman–Crippen MR) is 84.4 cm³/mol. The Bertz CT molecular complexity index is 706. The molecule has 0 aliphatic carbocycles. The van der Waals surface area contributed by atoms with Gasteiger partial charge in [0.05, 0.1) is 14.9 Å². The number of carboxylic acid groups (broad SMARTS) is 1. The quantitative estimate of drug-likeness (QED) is 0.890. The molecule has 2 aromatic rings. The number of aryl methyl sites for hydroxylation is 1. The number of nitrogens with zero attached hydrogens (tertiary/aromatic N) is 1. The average Bonchev–Trinajstić information content (AvgIpc) is 2.94. The Balaban J connectivity index is 2.27. The summed E-state index contributed by atoms with van der Waals surface area (Å²) in [4.78, 5) is 28.9. The monoisotopic (exact) mass is 344 g/mol. The first-order valence-electron chi connectivity index (χ1n) is 6.00. The van der Waals surface area contributed by atoms with Crippen LogP contribution in [-0.4, -0.2) is 27.5 Å². The van der Waals surface area contributed by atoms with E-state index in [0.717, 1.165) is 4.88 Å². The van der Waals surface area contributed by atoms with Gasteiger partial charge in [0.1, 0.15) is 15.4 Å². The number of carboxylic acids is 1. The minimum absolute atomic E-state index is 0.406. The summed E-state index contributed by atoms with van der Waals surface area (Å²) in [5.41, 5.74) is -0.766. The van der Waals surface area contributed by atoms with Crippen molar-refractivity contribution in [3.63, 3.8) is 0 Å². The third-order valence-corrected chi connectivity index (χ3v) is 5.30. The zero-order valence-corrected chi connectivity index (χ0v) is 13.9. The molecule has 0 unspecified atom stereocenters. The van der Waals surface area contributed by atoms with Crippen molar-refractivity contribution in [1.29, 1.82) is 0 Å². The number of amides is 1. The topological polar surface area (TPSA) is 79.3 Å². The van der Waals surface area contributed by atoms with Crippen molar-refractivity contribution in [3.8, 4) is 9.88 Å². The van der Waals surface area contributed by atoms with E-state index < -0.39 is 17.4 Å². The molecule has 0 radical (unpaired) electrons. The summed E-state index contributed by atoms with van der Waals surface area (Å²) in [6.07, 6.45) is 0.